The normalized spacial score (nSPS) is 16.6. The monoisotopic (exact) mass is 320 g/mol. The number of para-hydroxylation sites is 1. The molecule has 3 aromatic rings. The molecule has 2 aromatic heterocycles. The molecule has 0 amide bonds. The van der Waals surface area contributed by atoms with Gasteiger partial charge in [0.15, 0.2) is 5.76 Å². The zero-order chi connectivity index (χ0) is 16.4. The molecule has 1 aromatic carbocycles. The number of carbonyl (C=O) groups is 1. The molecule has 4 heteroatoms. The Labute approximate surface area is 140 Å². The molecule has 24 heavy (non-hydrogen) atoms. The summed E-state index contributed by atoms with van der Waals surface area (Å²) in [6, 6.07) is 15.4. The van der Waals surface area contributed by atoms with Crippen LogP contribution >= 0.6 is 0 Å². The lowest BCUT2D eigenvalue weighted by Crippen LogP contribution is -2.29. The van der Waals surface area contributed by atoms with E-state index in [0.717, 1.165) is 23.8 Å². The zero-order valence-electron chi connectivity index (χ0n) is 13.5. The van der Waals surface area contributed by atoms with E-state index in [1.807, 2.05) is 42.5 Å². The number of hydrogen-bond donors (Lipinski definition) is 0. The maximum atomic E-state index is 12.9. The fourth-order valence-corrected chi connectivity index (χ4v) is 3.31. The Morgan fingerprint density at radius 3 is 2.67 bits per heavy atom. The molecular weight excluding hydrogens is 300 g/mol. The van der Waals surface area contributed by atoms with Gasteiger partial charge in [0.2, 0.25) is 0 Å². The van der Waals surface area contributed by atoms with E-state index in [1.165, 1.54) is 19.3 Å². The summed E-state index contributed by atoms with van der Waals surface area (Å²) in [6.07, 6.45) is 7.70. The van der Waals surface area contributed by atoms with E-state index in [-0.39, 0.29) is 5.91 Å². The topological polar surface area (TPSA) is 47.5 Å². The van der Waals surface area contributed by atoms with Crippen molar-refractivity contribution in [1.29, 1.82) is 0 Å². The van der Waals surface area contributed by atoms with Gasteiger partial charge in [0.05, 0.1) is 6.04 Å². The highest BCUT2D eigenvalue weighted by Crippen LogP contribution is 2.20. The van der Waals surface area contributed by atoms with E-state index in [2.05, 4.69) is 0 Å². The molecule has 122 valence electrons. The third-order valence-corrected chi connectivity index (χ3v) is 4.58. The third-order valence-electron chi connectivity index (χ3n) is 4.58. The fraction of sp³-hybridized carbons (Fsp3) is 0.300. The summed E-state index contributed by atoms with van der Waals surface area (Å²) >= 11 is 0. The fourth-order valence-electron chi connectivity index (χ4n) is 3.31. The highest BCUT2D eigenvalue weighted by molar-refractivity contribution is 5.97. The largest absolute Gasteiger partial charge is 0.451 e. The molecule has 1 aliphatic carbocycles. The second-order valence-electron chi connectivity index (χ2n) is 6.30. The first-order chi connectivity index (χ1) is 11.8. The standard InChI is InChI=1S/C20H20N2O2/c23-20(18-14-15-8-4-5-11-17(15)24-18)22-13-7-6-12-19(22)21-16-9-2-1-3-10-16/h4-8,11-14,16H,1-3,9-10H2. The van der Waals surface area contributed by atoms with E-state index in [4.69, 9.17) is 9.41 Å². The van der Waals surface area contributed by atoms with Gasteiger partial charge in [-0.25, -0.2) is 0 Å². The van der Waals surface area contributed by atoms with Crippen LogP contribution in [0.4, 0.5) is 0 Å². The van der Waals surface area contributed by atoms with Gasteiger partial charge in [-0.2, -0.15) is 0 Å². The molecule has 2 heterocycles. The van der Waals surface area contributed by atoms with Gasteiger partial charge in [0, 0.05) is 11.6 Å². The van der Waals surface area contributed by atoms with Gasteiger partial charge in [-0.1, -0.05) is 43.5 Å². The minimum absolute atomic E-state index is 0.179. The van der Waals surface area contributed by atoms with Crippen molar-refractivity contribution in [3.05, 3.63) is 66.0 Å². The molecule has 0 bridgehead atoms. The molecule has 0 N–H and O–H groups in total. The Balaban J connectivity index is 1.73. The van der Waals surface area contributed by atoms with Crippen molar-refractivity contribution in [2.75, 3.05) is 0 Å². The molecule has 0 aliphatic heterocycles. The van der Waals surface area contributed by atoms with Crippen molar-refractivity contribution in [2.45, 2.75) is 38.1 Å². The molecule has 1 aliphatic rings. The first-order valence-electron chi connectivity index (χ1n) is 8.56. The van der Waals surface area contributed by atoms with Gasteiger partial charge in [0.25, 0.3) is 5.91 Å². The van der Waals surface area contributed by atoms with Crippen LogP contribution in [0, 0.1) is 0 Å². The third kappa shape index (κ3) is 2.92. The van der Waals surface area contributed by atoms with Gasteiger partial charge < -0.3 is 4.42 Å². The molecule has 0 atom stereocenters. The molecule has 1 saturated carbocycles. The van der Waals surface area contributed by atoms with Crippen LogP contribution in [0.1, 0.15) is 42.7 Å². The SMILES string of the molecule is O=C(c1cc2ccccc2o1)n1ccccc1=NC1CCCCC1. The van der Waals surface area contributed by atoms with E-state index >= 15 is 0 Å². The predicted octanol–water partition coefficient (Wildman–Crippen LogP) is 4.16. The summed E-state index contributed by atoms with van der Waals surface area (Å²) in [5.41, 5.74) is 1.43. The van der Waals surface area contributed by atoms with Crippen molar-refractivity contribution >= 4 is 16.9 Å². The maximum Gasteiger partial charge on any atom is 0.299 e. The van der Waals surface area contributed by atoms with Crippen LogP contribution in [0.3, 0.4) is 0 Å². The van der Waals surface area contributed by atoms with Gasteiger partial charge >= 0.3 is 0 Å². The van der Waals surface area contributed by atoms with Crippen LogP contribution in [0.5, 0.6) is 0 Å². The Hall–Kier alpha value is -2.62. The zero-order valence-corrected chi connectivity index (χ0v) is 13.5. The summed E-state index contributed by atoms with van der Waals surface area (Å²) in [7, 11) is 0. The van der Waals surface area contributed by atoms with Crippen LogP contribution in [0.2, 0.25) is 0 Å². The van der Waals surface area contributed by atoms with Crippen molar-refractivity contribution in [3.63, 3.8) is 0 Å². The number of carbonyl (C=O) groups excluding carboxylic acids is 1. The first kappa shape index (κ1) is 14.9. The smallest absolute Gasteiger partial charge is 0.299 e. The highest BCUT2D eigenvalue weighted by Gasteiger charge is 2.16. The Morgan fingerprint density at radius 1 is 1.04 bits per heavy atom. The average molecular weight is 320 g/mol. The van der Waals surface area contributed by atoms with E-state index in [1.54, 1.807) is 16.8 Å². The Kier molecular flexibility index (Phi) is 4.03. The number of aromatic nitrogens is 1. The summed E-state index contributed by atoms with van der Waals surface area (Å²) in [4.78, 5) is 17.7. The molecule has 4 rings (SSSR count). The van der Waals surface area contributed by atoms with Gasteiger partial charge in [0.1, 0.15) is 11.1 Å². The number of nitrogens with zero attached hydrogens (tertiary/aromatic N) is 2. The van der Waals surface area contributed by atoms with Gasteiger partial charge in [-0.3, -0.25) is 14.4 Å². The van der Waals surface area contributed by atoms with Crippen molar-refractivity contribution in [2.24, 2.45) is 4.99 Å². The number of hydrogen-bond acceptors (Lipinski definition) is 3. The minimum atomic E-state index is -0.179. The molecular formula is C20H20N2O2. The van der Waals surface area contributed by atoms with Gasteiger partial charge in [-0.05, 0) is 37.1 Å². The number of rotatable bonds is 2. The number of pyridine rings is 1. The van der Waals surface area contributed by atoms with Crippen LogP contribution in [0.25, 0.3) is 11.0 Å². The second-order valence-corrected chi connectivity index (χ2v) is 6.30. The van der Waals surface area contributed by atoms with Crippen molar-refractivity contribution < 1.29 is 9.21 Å². The van der Waals surface area contributed by atoms with Crippen LogP contribution < -0.4 is 5.49 Å². The summed E-state index contributed by atoms with van der Waals surface area (Å²) in [6.45, 7) is 0. The summed E-state index contributed by atoms with van der Waals surface area (Å²) < 4.78 is 7.31. The van der Waals surface area contributed by atoms with E-state index in [0.29, 0.717) is 17.3 Å². The van der Waals surface area contributed by atoms with Crippen LogP contribution in [0.15, 0.2) is 64.1 Å². The maximum absolute atomic E-state index is 12.9. The molecule has 0 spiro atoms. The lowest BCUT2D eigenvalue weighted by Gasteiger charge is -2.17. The van der Waals surface area contributed by atoms with Gasteiger partial charge in [-0.15, -0.1) is 0 Å². The lowest BCUT2D eigenvalue weighted by atomic mass is 9.96. The molecule has 0 unspecified atom stereocenters. The molecule has 1 fully saturated rings. The predicted molar refractivity (Wildman–Crippen MR) is 92.8 cm³/mol. The second kappa shape index (κ2) is 6.48. The number of benzene rings is 1. The van der Waals surface area contributed by atoms with Crippen LogP contribution in [-0.4, -0.2) is 16.5 Å². The van der Waals surface area contributed by atoms with E-state index < -0.39 is 0 Å². The molecule has 4 nitrogen and oxygen atoms in total. The van der Waals surface area contributed by atoms with E-state index in [9.17, 15) is 4.79 Å². The highest BCUT2D eigenvalue weighted by atomic mass is 16.3. The summed E-state index contributed by atoms with van der Waals surface area (Å²) in [5, 5.41) is 0.933. The van der Waals surface area contributed by atoms with Crippen LogP contribution in [-0.2, 0) is 0 Å². The minimum Gasteiger partial charge on any atom is -0.451 e. The van der Waals surface area contributed by atoms with Crippen molar-refractivity contribution in [3.8, 4) is 0 Å². The molecule has 0 radical (unpaired) electrons. The first-order valence-corrected chi connectivity index (χ1v) is 8.56. The quantitative estimate of drug-likeness (QED) is 0.712. The Morgan fingerprint density at radius 2 is 1.83 bits per heavy atom. The Bertz CT molecular complexity index is 897. The summed E-state index contributed by atoms with van der Waals surface area (Å²) in [5.74, 6) is 0.161. The van der Waals surface area contributed by atoms with Crippen molar-refractivity contribution in [1.82, 2.24) is 4.57 Å². The number of fused-ring (bicyclic) bond motifs is 1. The average Bonchev–Trinajstić information content (AvgIpc) is 3.07. The molecule has 0 saturated heterocycles. The lowest BCUT2D eigenvalue weighted by molar-refractivity contribution is 0.0929. The number of furan rings is 1.